The third-order valence-corrected chi connectivity index (χ3v) is 3.80. The zero-order chi connectivity index (χ0) is 17.8. The molecule has 25 heavy (non-hydrogen) atoms. The molecule has 0 saturated heterocycles. The predicted octanol–water partition coefficient (Wildman–Crippen LogP) is 3.90. The maximum absolute atomic E-state index is 11.2. The van der Waals surface area contributed by atoms with Gasteiger partial charge in [0.1, 0.15) is 17.9 Å². The number of anilines is 2. The molecular weight excluding hydrogens is 318 g/mol. The second-order valence-corrected chi connectivity index (χ2v) is 5.45. The predicted molar refractivity (Wildman–Crippen MR) is 95.4 cm³/mol. The lowest BCUT2D eigenvalue weighted by molar-refractivity contribution is 0.0697. The molecule has 1 aromatic heterocycles. The van der Waals surface area contributed by atoms with E-state index in [0.717, 1.165) is 16.9 Å². The molecule has 0 saturated carbocycles. The molecule has 0 aliphatic heterocycles. The average molecular weight is 335 g/mol. The highest BCUT2D eigenvalue weighted by molar-refractivity contribution is 5.89. The van der Waals surface area contributed by atoms with Crippen LogP contribution in [0.2, 0.25) is 0 Å². The van der Waals surface area contributed by atoms with E-state index in [9.17, 15) is 4.79 Å². The second-order valence-electron chi connectivity index (χ2n) is 5.45. The van der Waals surface area contributed by atoms with Gasteiger partial charge in [0.05, 0.1) is 18.4 Å². The molecule has 0 fully saturated rings. The number of hydrogen-bond acceptors (Lipinski definition) is 5. The van der Waals surface area contributed by atoms with Crippen molar-refractivity contribution < 1.29 is 14.6 Å². The molecule has 3 aromatic rings. The topological polar surface area (TPSA) is 84.3 Å². The average Bonchev–Trinajstić information content (AvgIpc) is 2.63. The van der Waals surface area contributed by atoms with Crippen molar-refractivity contribution in [3.8, 4) is 17.0 Å². The fourth-order valence-electron chi connectivity index (χ4n) is 2.46. The Hall–Kier alpha value is -3.41. The summed E-state index contributed by atoms with van der Waals surface area (Å²) in [4.78, 5) is 19.7. The number of carboxylic acids is 1. The van der Waals surface area contributed by atoms with Crippen molar-refractivity contribution in [1.82, 2.24) is 9.97 Å². The minimum absolute atomic E-state index is 0.215. The van der Waals surface area contributed by atoms with E-state index in [-0.39, 0.29) is 5.56 Å². The molecule has 6 heteroatoms. The normalized spacial score (nSPS) is 10.3. The third-order valence-electron chi connectivity index (χ3n) is 3.80. The maximum Gasteiger partial charge on any atom is 0.335 e. The molecule has 3 rings (SSSR count). The van der Waals surface area contributed by atoms with Gasteiger partial charge in [-0.2, -0.15) is 0 Å². The molecule has 0 aliphatic carbocycles. The summed E-state index contributed by atoms with van der Waals surface area (Å²) in [7, 11) is 1.61. The summed E-state index contributed by atoms with van der Waals surface area (Å²) in [6, 6.07) is 14.3. The molecule has 6 nitrogen and oxygen atoms in total. The summed E-state index contributed by atoms with van der Waals surface area (Å²) in [5, 5.41) is 12.3. The first-order chi connectivity index (χ1) is 12.1. The van der Waals surface area contributed by atoms with Crippen LogP contribution >= 0.6 is 0 Å². The van der Waals surface area contributed by atoms with Gasteiger partial charge >= 0.3 is 5.97 Å². The van der Waals surface area contributed by atoms with Crippen LogP contribution in [0.3, 0.4) is 0 Å². The quantitative estimate of drug-likeness (QED) is 0.735. The number of ether oxygens (including phenoxy) is 1. The Balaban J connectivity index is 1.95. The van der Waals surface area contributed by atoms with E-state index in [1.807, 2.05) is 31.2 Å². The van der Waals surface area contributed by atoms with E-state index in [0.29, 0.717) is 17.2 Å². The largest absolute Gasteiger partial charge is 0.496 e. The van der Waals surface area contributed by atoms with E-state index in [4.69, 9.17) is 9.84 Å². The van der Waals surface area contributed by atoms with E-state index < -0.39 is 5.97 Å². The van der Waals surface area contributed by atoms with Gasteiger partial charge in [-0.05, 0) is 36.8 Å². The number of aromatic nitrogens is 2. The van der Waals surface area contributed by atoms with Crippen molar-refractivity contribution in [1.29, 1.82) is 0 Å². The summed E-state index contributed by atoms with van der Waals surface area (Å²) in [5.41, 5.74) is 3.38. The lowest BCUT2D eigenvalue weighted by atomic mass is 10.1. The molecule has 0 unspecified atom stereocenters. The number of para-hydroxylation sites is 1. The van der Waals surface area contributed by atoms with Crippen LogP contribution in [0.25, 0.3) is 11.3 Å². The van der Waals surface area contributed by atoms with Gasteiger partial charge < -0.3 is 15.2 Å². The summed E-state index contributed by atoms with van der Waals surface area (Å²) < 4.78 is 5.37. The van der Waals surface area contributed by atoms with Crippen LogP contribution in [0.4, 0.5) is 11.5 Å². The van der Waals surface area contributed by atoms with Crippen LogP contribution in [0.5, 0.6) is 5.75 Å². The molecule has 2 N–H and O–H groups in total. The highest BCUT2D eigenvalue weighted by atomic mass is 16.5. The molecule has 0 aliphatic rings. The lowest BCUT2D eigenvalue weighted by Gasteiger charge is -2.11. The van der Waals surface area contributed by atoms with Crippen molar-refractivity contribution in [2.45, 2.75) is 6.92 Å². The third kappa shape index (κ3) is 3.58. The number of hydrogen-bond donors (Lipinski definition) is 2. The summed E-state index contributed by atoms with van der Waals surface area (Å²) in [5.74, 6) is 0.318. The first-order valence-electron chi connectivity index (χ1n) is 7.65. The maximum atomic E-state index is 11.2. The van der Waals surface area contributed by atoms with Crippen LogP contribution in [0, 0.1) is 6.92 Å². The number of aryl methyl sites for hydroxylation is 1. The highest BCUT2D eigenvalue weighted by Crippen LogP contribution is 2.29. The molecule has 0 amide bonds. The molecule has 0 bridgehead atoms. The first-order valence-corrected chi connectivity index (χ1v) is 7.65. The number of carboxylic acid groups (broad SMARTS) is 1. The highest BCUT2D eigenvalue weighted by Gasteiger charge is 2.10. The Labute approximate surface area is 145 Å². The Morgan fingerprint density at radius 2 is 1.92 bits per heavy atom. The fourth-order valence-corrected chi connectivity index (χ4v) is 2.46. The van der Waals surface area contributed by atoms with Crippen molar-refractivity contribution in [2.75, 3.05) is 12.4 Å². The number of methoxy groups -OCH3 is 1. The molecule has 2 aromatic carbocycles. The minimum atomic E-state index is -0.972. The molecule has 1 heterocycles. The van der Waals surface area contributed by atoms with Crippen molar-refractivity contribution in [3.63, 3.8) is 0 Å². The minimum Gasteiger partial charge on any atom is -0.496 e. The van der Waals surface area contributed by atoms with Gasteiger partial charge in [-0.3, -0.25) is 0 Å². The van der Waals surface area contributed by atoms with E-state index in [1.54, 1.807) is 31.4 Å². The zero-order valence-electron chi connectivity index (χ0n) is 13.9. The van der Waals surface area contributed by atoms with Crippen LogP contribution in [0.15, 0.2) is 54.9 Å². The summed E-state index contributed by atoms with van der Waals surface area (Å²) in [6.45, 7) is 1.90. The van der Waals surface area contributed by atoms with E-state index >= 15 is 0 Å². The zero-order valence-corrected chi connectivity index (χ0v) is 13.9. The van der Waals surface area contributed by atoms with Crippen LogP contribution in [-0.2, 0) is 0 Å². The van der Waals surface area contributed by atoms with Crippen molar-refractivity contribution >= 4 is 17.5 Å². The molecule has 0 radical (unpaired) electrons. The van der Waals surface area contributed by atoms with E-state index in [1.165, 1.54) is 6.33 Å². The standard InChI is InChI=1S/C19H17N3O3/c1-12-7-8-13(19(23)24)9-15(12)22-18-10-16(20-11-21-18)14-5-3-4-6-17(14)25-2/h3-11H,1-2H3,(H,23,24)(H,20,21,22). The smallest absolute Gasteiger partial charge is 0.335 e. The van der Waals surface area contributed by atoms with Gasteiger partial charge in [0.2, 0.25) is 0 Å². The van der Waals surface area contributed by atoms with Gasteiger partial charge in [0.15, 0.2) is 0 Å². The first kappa shape index (κ1) is 16.4. The van der Waals surface area contributed by atoms with Crippen LogP contribution < -0.4 is 10.1 Å². The number of aromatic carboxylic acids is 1. The molecule has 126 valence electrons. The number of rotatable bonds is 5. The van der Waals surface area contributed by atoms with Crippen molar-refractivity contribution in [2.24, 2.45) is 0 Å². The SMILES string of the molecule is COc1ccccc1-c1cc(Nc2cc(C(=O)O)ccc2C)ncn1. The van der Waals surface area contributed by atoms with Gasteiger partial charge in [0.25, 0.3) is 0 Å². The van der Waals surface area contributed by atoms with Crippen molar-refractivity contribution in [3.05, 3.63) is 66.0 Å². The second kappa shape index (κ2) is 7.00. The summed E-state index contributed by atoms with van der Waals surface area (Å²) >= 11 is 0. The Bertz CT molecular complexity index is 925. The number of benzene rings is 2. The number of carbonyl (C=O) groups is 1. The Morgan fingerprint density at radius 1 is 1.12 bits per heavy atom. The van der Waals surface area contributed by atoms with Gasteiger partial charge in [-0.1, -0.05) is 18.2 Å². The summed E-state index contributed by atoms with van der Waals surface area (Å²) in [6.07, 6.45) is 1.46. The Morgan fingerprint density at radius 3 is 2.68 bits per heavy atom. The van der Waals surface area contributed by atoms with Crippen LogP contribution in [-0.4, -0.2) is 28.2 Å². The van der Waals surface area contributed by atoms with Crippen LogP contribution in [0.1, 0.15) is 15.9 Å². The number of nitrogens with zero attached hydrogens (tertiary/aromatic N) is 2. The van der Waals surface area contributed by atoms with Gasteiger partial charge in [0, 0.05) is 17.3 Å². The lowest BCUT2D eigenvalue weighted by Crippen LogP contribution is -2.01. The fraction of sp³-hybridized carbons (Fsp3) is 0.105. The number of nitrogens with one attached hydrogen (secondary N) is 1. The van der Waals surface area contributed by atoms with Gasteiger partial charge in [-0.25, -0.2) is 14.8 Å². The Kier molecular flexibility index (Phi) is 4.61. The monoisotopic (exact) mass is 335 g/mol. The molecular formula is C19H17N3O3. The van der Waals surface area contributed by atoms with Gasteiger partial charge in [-0.15, -0.1) is 0 Å². The molecule has 0 atom stereocenters. The van der Waals surface area contributed by atoms with E-state index in [2.05, 4.69) is 15.3 Å². The molecule has 0 spiro atoms.